The van der Waals surface area contributed by atoms with Crippen LogP contribution in [-0.4, -0.2) is 42.1 Å². The Balaban J connectivity index is 0.00000341. The van der Waals surface area contributed by atoms with E-state index in [1.165, 1.54) is 11.1 Å². The van der Waals surface area contributed by atoms with Gasteiger partial charge in [-0.1, -0.05) is 30.7 Å². The number of rotatable bonds is 6. The van der Waals surface area contributed by atoms with E-state index in [2.05, 4.69) is 27.8 Å². The van der Waals surface area contributed by atoms with Gasteiger partial charge in [0.15, 0.2) is 5.96 Å². The van der Waals surface area contributed by atoms with Crippen molar-refractivity contribution in [3.8, 4) is 0 Å². The second-order valence-corrected chi connectivity index (χ2v) is 8.13. The molecule has 0 aromatic heterocycles. The normalized spacial score (nSPS) is 21.3. The van der Waals surface area contributed by atoms with E-state index in [1.54, 1.807) is 0 Å². The maximum absolute atomic E-state index is 13.0. The second kappa shape index (κ2) is 11.9. The number of aliphatic imine (C=N–C) groups is 1. The Kier molecular flexibility index (Phi) is 9.90. The Morgan fingerprint density at radius 1 is 1.19 bits per heavy atom. The molecule has 2 atom stereocenters. The Morgan fingerprint density at radius 3 is 2.48 bits per heavy atom. The molecule has 9 heteroatoms. The van der Waals surface area contributed by atoms with Crippen LogP contribution in [0.1, 0.15) is 56.6 Å². The van der Waals surface area contributed by atoms with Gasteiger partial charge in [0.1, 0.15) is 0 Å². The molecule has 1 aliphatic heterocycles. The number of carbonyl (C=O) groups is 1. The van der Waals surface area contributed by atoms with Crippen LogP contribution in [0.2, 0.25) is 0 Å². The molecule has 31 heavy (non-hydrogen) atoms. The number of fused-ring (bicyclic) bond motifs is 1. The summed E-state index contributed by atoms with van der Waals surface area (Å²) in [7, 11) is 0. The van der Waals surface area contributed by atoms with Crippen LogP contribution in [0.15, 0.2) is 29.3 Å². The van der Waals surface area contributed by atoms with Gasteiger partial charge in [0, 0.05) is 38.6 Å². The van der Waals surface area contributed by atoms with Gasteiger partial charge in [0.05, 0.1) is 5.92 Å². The molecule has 0 spiro atoms. The number of hydrogen-bond acceptors (Lipinski definition) is 2. The van der Waals surface area contributed by atoms with Crippen molar-refractivity contribution in [3.05, 3.63) is 35.4 Å². The predicted octanol–water partition coefficient (Wildman–Crippen LogP) is 4.60. The molecule has 0 radical (unpaired) electrons. The number of nitrogens with zero attached hydrogens (tertiary/aromatic N) is 2. The first-order valence-electron chi connectivity index (χ1n) is 10.8. The minimum absolute atomic E-state index is 0. The van der Waals surface area contributed by atoms with Gasteiger partial charge in [0.2, 0.25) is 5.91 Å². The molecular weight excluding hydrogens is 520 g/mol. The average molecular weight is 552 g/mol. The fourth-order valence-corrected chi connectivity index (χ4v) is 4.22. The summed E-state index contributed by atoms with van der Waals surface area (Å²) in [5.74, 6) is -0.597. The summed E-state index contributed by atoms with van der Waals surface area (Å²) in [5.41, 5.74) is 2.40. The number of carbonyl (C=O) groups excluding carboxylic acids is 1. The van der Waals surface area contributed by atoms with Crippen LogP contribution in [0.4, 0.5) is 13.2 Å². The van der Waals surface area contributed by atoms with Crippen LogP contribution >= 0.6 is 24.0 Å². The van der Waals surface area contributed by atoms with Gasteiger partial charge in [-0.15, -0.1) is 24.0 Å². The lowest BCUT2D eigenvalue weighted by atomic mass is 9.85. The fourth-order valence-electron chi connectivity index (χ4n) is 4.22. The van der Waals surface area contributed by atoms with E-state index in [0.29, 0.717) is 57.8 Å². The minimum Gasteiger partial charge on any atom is -0.357 e. The van der Waals surface area contributed by atoms with Gasteiger partial charge in [0.25, 0.3) is 0 Å². The quantitative estimate of drug-likeness (QED) is 0.235. The summed E-state index contributed by atoms with van der Waals surface area (Å²) in [4.78, 5) is 18.8. The zero-order valence-corrected chi connectivity index (χ0v) is 20.2. The van der Waals surface area contributed by atoms with E-state index in [9.17, 15) is 18.0 Å². The molecule has 3 rings (SSSR count). The van der Waals surface area contributed by atoms with Crippen LogP contribution < -0.4 is 10.6 Å². The molecule has 2 unspecified atom stereocenters. The van der Waals surface area contributed by atoms with Gasteiger partial charge >= 0.3 is 6.18 Å². The van der Waals surface area contributed by atoms with Crippen molar-refractivity contribution in [1.82, 2.24) is 15.5 Å². The van der Waals surface area contributed by atoms with Crippen molar-refractivity contribution in [1.29, 1.82) is 0 Å². The number of benzene rings is 1. The Labute approximate surface area is 199 Å². The third-order valence-electron chi connectivity index (χ3n) is 5.83. The van der Waals surface area contributed by atoms with Crippen molar-refractivity contribution in [2.24, 2.45) is 10.9 Å². The molecule has 2 N–H and O–H groups in total. The largest absolute Gasteiger partial charge is 0.391 e. The van der Waals surface area contributed by atoms with Crippen molar-refractivity contribution >= 4 is 35.8 Å². The standard InChI is InChI=1S/C22H31F3N4O.HI/c1-2-26-21(28-19-10-5-9-18(13-19)22(23,24)25)27-12-6-11-20(30)29-14-16-7-3-4-8-17(16)15-29;/h3-4,7-8,18-19H,2,5-6,9-15H2,1H3,(H2,26,27,28);1H. The summed E-state index contributed by atoms with van der Waals surface area (Å²) >= 11 is 0. The number of hydrogen-bond donors (Lipinski definition) is 2. The lowest BCUT2D eigenvalue weighted by Crippen LogP contribution is -2.46. The van der Waals surface area contributed by atoms with E-state index in [1.807, 2.05) is 24.0 Å². The topological polar surface area (TPSA) is 56.7 Å². The Hall–Kier alpha value is -1.52. The number of guanidine groups is 1. The fraction of sp³-hybridized carbons (Fsp3) is 0.636. The first-order valence-corrected chi connectivity index (χ1v) is 10.8. The monoisotopic (exact) mass is 552 g/mol. The number of nitrogens with one attached hydrogen (secondary N) is 2. The number of amides is 1. The zero-order valence-electron chi connectivity index (χ0n) is 17.9. The summed E-state index contributed by atoms with van der Waals surface area (Å²) in [5, 5.41) is 6.26. The van der Waals surface area contributed by atoms with E-state index in [-0.39, 0.29) is 48.8 Å². The molecule has 174 valence electrons. The summed E-state index contributed by atoms with van der Waals surface area (Å²) < 4.78 is 39.1. The highest BCUT2D eigenvalue weighted by molar-refractivity contribution is 14.0. The third kappa shape index (κ3) is 7.54. The molecule has 2 aliphatic rings. The van der Waals surface area contributed by atoms with Crippen molar-refractivity contribution < 1.29 is 18.0 Å². The highest BCUT2D eigenvalue weighted by atomic mass is 127. The zero-order chi connectivity index (χ0) is 21.6. The molecule has 0 saturated heterocycles. The molecule has 0 bridgehead atoms. The molecule has 1 heterocycles. The molecule has 1 aliphatic carbocycles. The second-order valence-electron chi connectivity index (χ2n) is 8.13. The van der Waals surface area contributed by atoms with Crippen LogP contribution in [0.5, 0.6) is 0 Å². The number of alkyl halides is 3. The minimum atomic E-state index is -4.13. The summed E-state index contributed by atoms with van der Waals surface area (Å²) in [6.45, 7) is 4.32. The Bertz CT molecular complexity index is 732. The van der Waals surface area contributed by atoms with Gasteiger partial charge in [-0.25, -0.2) is 0 Å². The molecule has 1 saturated carbocycles. The first-order chi connectivity index (χ1) is 14.4. The van der Waals surface area contributed by atoms with E-state index in [0.717, 1.165) is 0 Å². The van der Waals surface area contributed by atoms with E-state index >= 15 is 0 Å². The lowest BCUT2D eigenvalue weighted by Gasteiger charge is -2.31. The SMILES string of the molecule is CCNC(=NCCCC(=O)N1Cc2ccccc2C1)NC1CCCC(C(F)(F)F)C1.I. The maximum Gasteiger partial charge on any atom is 0.391 e. The molecule has 1 aromatic carbocycles. The van der Waals surface area contributed by atoms with Gasteiger partial charge < -0.3 is 15.5 Å². The van der Waals surface area contributed by atoms with Crippen molar-refractivity contribution in [3.63, 3.8) is 0 Å². The predicted molar refractivity (Wildman–Crippen MR) is 126 cm³/mol. The molecule has 1 amide bonds. The highest BCUT2D eigenvalue weighted by Crippen LogP contribution is 2.37. The van der Waals surface area contributed by atoms with E-state index < -0.39 is 12.1 Å². The van der Waals surface area contributed by atoms with Gasteiger partial charge in [-0.3, -0.25) is 9.79 Å². The molecule has 1 aromatic rings. The molecule has 1 fully saturated rings. The molecule has 5 nitrogen and oxygen atoms in total. The summed E-state index contributed by atoms with van der Waals surface area (Å²) in [6, 6.07) is 7.85. The van der Waals surface area contributed by atoms with Crippen LogP contribution in [0, 0.1) is 5.92 Å². The lowest BCUT2D eigenvalue weighted by molar-refractivity contribution is -0.183. The first kappa shape index (κ1) is 25.7. The van der Waals surface area contributed by atoms with Crippen molar-refractivity contribution in [2.75, 3.05) is 13.1 Å². The van der Waals surface area contributed by atoms with Gasteiger partial charge in [-0.05, 0) is 43.7 Å². The molecular formula is C22H32F3IN4O. The van der Waals surface area contributed by atoms with Gasteiger partial charge in [-0.2, -0.15) is 13.2 Å². The maximum atomic E-state index is 13.0. The van der Waals surface area contributed by atoms with Crippen LogP contribution in [0.25, 0.3) is 0 Å². The average Bonchev–Trinajstić information content (AvgIpc) is 3.15. The Morgan fingerprint density at radius 2 is 1.87 bits per heavy atom. The summed E-state index contributed by atoms with van der Waals surface area (Å²) in [6.07, 6.45) is -1.54. The van der Waals surface area contributed by atoms with Crippen LogP contribution in [0.3, 0.4) is 0 Å². The number of halogens is 4. The van der Waals surface area contributed by atoms with Crippen molar-refractivity contribution in [2.45, 2.75) is 70.8 Å². The smallest absolute Gasteiger partial charge is 0.357 e. The van der Waals surface area contributed by atoms with E-state index in [4.69, 9.17) is 0 Å². The highest BCUT2D eigenvalue weighted by Gasteiger charge is 2.42. The third-order valence-corrected chi connectivity index (χ3v) is 5.83. The van der Waals surface area contributed by atoms with Crippen LogP contribution in [-0.2, 0) is 17.9 Å².